The number of aromatic nitrogens is 1. The van der Waals surface area contributed by atoms with Gasteiger partial charge in [-0.25, -0.2) is 9.78 Å². The van der Waals surface area contributed by atoms with Crippen molar-refractivity contribution in [1.29, 1.82) is 0 Å². The third kappa shape index (κ3) is 5.19. The lowest BCUT2D eigenvalue weighted by molar-refractivity contribution is -0.115. The number of nitrogens with one attached hydrogen (secondary N) is 2. The number of rotatable bonds is 7. The van der Waals surface area contributed by atoms with Crippen molar-refractivity contribution in [1.82, 2.24) is 4.98 Å². The first kappa shape index (κ1) is 21.7. The lowest BCUT2D eigenvalue weighted by atomic mass is 10.2. The van der Waals surface area contributed by atoms with Crippen LogP contribution in [0, 0.1) is 0 Å². The molecule has 2 aromatic carbocycles. The van der Waals surface area contributed by atoms with Crippen molar-refractivity contribution in [3.8, 4) is 0 Å². The molecule has 0 atom stereocenters. The molecule has 2 N–H and O–H groups in total. The zero-order chi connectivity index (χ0) is 22.5. The summed E-state index contributed by atoms with van der Waals surface area (Å²) in [6.07, 6.45) is 0.0768. The van der Waals surface area contributed by atoms with Crippen molar-refractivity contribution in [3.05, 3.63) is 76.1 Å². The Morgan fingerprint density at radius 1 is 1.03 bits per heavy atom. The molecular formula is C23H19N3O4S2. The van der Waals surface area contributed by atoms with Gasteiger partial charge in [-0.05, 0) is 48.7 Å². The molecular weight excluding hydrogens is 446 g/mol. The van der Waals surface area contributed by atoms with Gasteiger partial charge in [0.1, 0.15) is 4.88 Å². The second-order valence-electron chi connectivity index (χ2n) is 6.77. The van der Waals surface area contributed by atoms with Crippen LogP contribution in [0.25, 0.3) is 10.1 Å². The molecule has 0 unspecified atom stereocenters. The fourth-order valence-corrected chi connectivity index (χ4v) is 4.64. The molecule has 0 bridgehead atoms. The summed E-state index contributed by atoms with van der Waals surface area (Å²) < 4.78 is 5.97. The van der Waals surface area contributed by atoms with Crippen molar-refractivity contribution in [2.45, 2.75) is 13.3 Å². The Balaban J connectivity index is 1.37. The van der Waals surface area contributed by atoms with E-state index < -0.39 is 0 Å². The van der Waals surface area contributed by atoms with E-state index in [-0.39, 0.29) is 24.2 Å². The van der Waals surface area contributed by atoms with Crippen LogP contribution >= 0.6 is 22.7 Å². The number of ether oxygens (including phenoxy) is 1. The number of thiazole rings is 1. The van der Waals surface area contributed by atoms with Crippen LogP contribution in [0.1, 0.15) is 32.6 Å². The van der Waals surface area contributed by atoms with E-state index in [4.69, 9.17) is 4.74 Å². The molecule has 0 radical (unpaired) electrons. The molecule has 0 saturated heterocycles. The van der Waals surface area contributed by atoms with Gasteiger partial charge in [0.05, 0.1) is 18.7 Å². The number of thiophene rings is 1. The quantitative estimate of drug-likeness (QED) is 0.376. The summed E-state index contributed by atoms with van der Waals surface area (Å²) in [6.45, 7) is 2.09. The zero-order valence-electron chi connectivity index (χ0n) is 17.1. The first-order chi connectivity index (χ1) is 15.5. The van der Waals surface area contributed by atoms with Crippen LogP contribution < -0.4 is 10.6 Å². The predicted molar refractivity (Wildman–Crippen MR) is 127 cm³/mol. The maximum absolute atomic E-state index is 12.5. The third-order valence-corrected chi connectivity index (χ3v) is 6.33. The van der Waals surface area contributed by atoms with Crippen molar-refractivity contribution in [2.24, 2.45) is 0 Å². The van der Waals surface area contributed by atoms with Crippen LogP contribution in [0.4, 0.5) is 10.8 Å². The average Bonchev–Trinajstić information content (AvgIpc) is 3.41. The van der Waals surface area contributed by atoms with Gasteiger partial charge in [0.15, 0.2) is 5.13 Å². The maximum Gasteiger partial charge on any atom is 0.348 e. The lowest BCUT2D eigenvalue weighted by Gasteiger charge is -2.04. The van der Waals surface area contributed by atoms with Gasteiger partial charge in [0.25, 0.3) is 5.91 Å². The van der Waals surface area contributed by atoms with E-state index in [1.807, 2.05) is 18.2 Å². The van der Waals surface area contributed by atoms with Crippen molar-refractivity contribution >= 4 is 61.4 Å². The van der Waals surface area contributed by atoms with Gasteiger partial charge >= 0.3 is 5.97 Å². The highest BCUT2D eigenvalue weighted by Gasteiger charge is 2.14. The van der Waals surface area contributed by atoms with E-state index in [1.54, 1.807) is 48.7 Å². The summed E-state index contributed by atoms with van der Waals surface area (Å²) in [5.74, 6) is -0.823. The summed E-state index contributed by atoms with van der Waals surface area (Å²) in [5, 5.41) is 8.63. The van der Waals surface area contributed by atoms with Gasteiger partial charge in [0, 0.05) is 21.3 Å². The molecule has 7 nitrogen and oxygen atoms in total. The molecule has 0 saturated carbocycles. The van der Waals surface area contributed by atoms with E-state index in [1.165, 1.54) is 22.7 Å². The Bertz CT molecular complexity index is 1280. The van der Waals surface area contributed by atoms with Crippen LogP contribution in [0.15, 0.2) is 60.0 Å². The molecule has 0 aliphatic rings. The van der Waals surface area contributed by atoms with Crippen molar-refractivity contribution in [2.75, 3.05) is 17.2 Å². The first-order valence-corrected chi connectivity index (χ1v) is 11.5. The van der Waals surface area contributed by atoms with Crippen LogP contribution in [0.5, 0.6) is 0 Å². The van der Waals surface area contributed by atoms with Gasteiger partial charge in [-0.15, -0.1) is 22.7 Å². The summed E-state index contributed by atoms with van der Waals surface area (Å²) in [6, 6.07) is 16.1. The Labute approximate surface area is 192 Å². The highest BCUT2D eigenvalue weighted by Crippen LogP contribution is 2.29. The minimum Gasteiger partial charge on any atom is -0.462 e. The number of fused-ring (bicyclic) bond motifs is 1. The van der Waals surface area contributed by atoms with E-state index in [2.05, 4.69) is 15.6 Å². The molecule has 9 heteroatoms. The van der Waals surface area contributed by atoms with Crippen LogP contribution in [0.3, 0.4) is 0 Å². The molecule has 32 heavy (non-hydrogen) atoms. The number of hydrogen-bond donors (Lipinski definition) is 2. The molecule has 0 aliphatic heterocycles. The minimum atomic E-state index is -0.349. The van der Waals surface area contributed by atoms with Crippen LogP contribution in [-0.2, 0) is 16.0 Å². The van der Waals surface area contributed by atoms with E-state index in [0.29, 0.717) is 33.6 Å². The Kier molecular flexibility index (Phi) is 6.58. The fourth-order valence-electron chi connectivity index (χ4n) is 3.00. The number of anilines is 2. The second kappa shape index (κ2) is 9.71. The van der Waals surface area contributed by atoms with Gasteiger partial charge in [-0.1, -0.05) is 18.2 Å². The molecule has 2 aromatic heterocycles. The molecule has 0 spiro atoms. The summed E-state index contributed by atoms with van der Waals surface area (Å²) in [5.41, 5.74) is 1.73. The zero-order valence-corrected chi connectivity index (χ0v) is 18.7. The monoisotopic (exact) mass is 465 g/mol. The molecule has 0 fully saturated rings. The molecule has 4 aromatic rings. The summed E-state index contributed by atoms with van der Waals surface area (Å²) >= 11 is 2.62. The third-order valence-electron chi connectivity index (χ3n) is 4.43. The number of carbonyl (C=O) groups is 3. The average molecular weight is 466 g/mol. The Hall–Kier alpha value is -3.56. The number of benzene rings is 2. The fraction of sp³-hybridized carbons (Fsp3) is 0.130. The molecule has 162 valence electrons. The molecule has 2 heterocycles. The number of carbonyl (C=O) groups excluding carboxylic acids is 3. The number of hydrogen-bond acceptors (Lipinski definition) is 7. The normalized spacial score (nSPS) is 10.7. The van der Waals surface area contributed by atoms with E-state index in [9.17, 15) is 14.4 Å². The van der Waals surface area contributed by atoms with Gasteiger partial charge in [-0.3, -0.25) is 14.9 Å². The van der Waals surface area contributed by atoms with Crippen LogP contribution in [0.2, 0.25) is 0 Å². The first-order valence-electron chi connectivity index (χ1n) is 9.83. The largest absolute Gasteiger partial charge is 0.462 e. The topological polar surface area (TPSA) is 97.4 Å². The van der Waals surface area contributed by atoms with Crippen LogP contribution in [-0.4, -0.2) is 29.4 Å². The van der Waals surface area contributed by atoms with Crippen molar-refractivity contribution < 1.29 is 19.1 Å². The summed E-state index contributed by atoms with van der Waals surface area (Å²) in [7, 11) is 0. The van der Waals surface area contributed by atoms with E-state index >= 15 is 0 Å². The lowest BCUT2D eigenvalue weighted by Crippen LogP contribution is -2.15. The van der Waals surface area contributed by atoms with Gasteiger partial charge in [-0.2, -0.15) is 0 Å². The maximum atomic E-state index is 12.5. The van der Waals surface area contributed by atoms with Gasteiger partial charge in [0.2, 0.25) is 5.91 Å². The molecule has 4 rings (SSSR count). The van der Waals surface area contributed by atoms with Crippen molar-refractivity contribution in [3.63, 3.8) is 0 Å². The SMILES string of the molecule is CCOC(=O)c1cc2cc(NC(=O)Cc3csc(NC(=O)c4ccccc4)n3)ccc2s1. The molecule has 0 aliphatic carbocycles. The molecule has 2 amide bonds. The number of esters is 1. The number of amides is 2. The van der Waals surface area contributed by atoms with E-state index in [0.717, 1.165) is 10.1 Å². The number of nitrogens with zero attached hydrogens (tertiary/aromatic N) is 1. The highest BCUT2D eigenvalue weighted by molar-refractivity contribution is 7.20. The highest BCUT2D eigenvalue weighted by atomic mass is 32.1. The standard InChI is InChI=1S/C23H19N3O4S2/c1-2-30-22(29)19-11-15-10-16(8-9-18(15)32-19)24-20(27)12-17-13-31-23(25-17)26-21(28)14-6-4-3-5-7-14/h3-11,13H,2,12H2,1H3,(H,24,27)(H,25,26,28). The Morgan fingerprint density at radius 3 is 2.62 bits per heavy atom. The predicted octanol–water partition coefficient (Wildman–Crippen LogP) is 4.97. The smallest absolute Gasteiger partial charge is 0.348 e. The second-order valence-corrected chi connectivity index (χ2v) is 8.71. The minimum absolute atomic E-state index is 0.0768. The Morgan fingerprint density at radius 2 is 1.84 bits per heavy atom. The van der Waals surface area contributed by atoms with Gasteiger partial charge < -0.3 is 10.1 Å². The summed E-state index contributed by atoms with van der Waals surface area (Å²) in [4.78, 5) is 41.5.